The molecule has 158 valence electrons. The Hall–Kier alpha value is -3.33. The number of aliphatic hydroxyl groups is 1. The van der Waals surface area contributed by atoms with Gasteiger partial charge in [-0.2, -0.15) is 15.5 Å². The van der Waals surface area contributed by atoms with E-state index in [-0.39, 0.29) is 18.2 Å². The summed E-state index contributed by atoms with van der Waals surface area (Å²) in [7, 11) is 0. The molecule has 0 bridgehead atoms. The topological polar surface area (TPSA) is 130 Å². The van der Waals surface area contributed by atoms with Crippen LogP contribution in [0.4, 0.5) is 11.6 Å². The average Bonchev–Trinajstić information content (AvgIpc) is 3.50. The zero-order chi connectivity index (χ0) is 21.4. The molecule has 5 heterocycles. The predicted molar refractivity (Wildman–Crippen MR) is 117 cm³/mol. The fourth-order valence-electron chi connectivity index (χ4n) is 3.60. The number of anilines is 2. The van der Waals surface area contributed by atoms with Gasteiger partial charge in [-0.25, -0.2) is 9.97 Å². The van der Waals surface area contributed by atoms with Crippen LogP contribution < -0.4 is 10.6 Å². The van der Waals surface area contributed by atoms with E-state index in [9.17, 15) is 10.4 Å². The number of nitriles is 1. The van der Waals surface area contributed by atoms with Gasteiger partial charge >= 0.3 is 0 Å². The quantitative estimate of drug-likeness (QED) is 0.403. The van der Waals surface area contributed by atoms with E-state index >= 15 is 0 Å². The van der Waals surface area contributed by atoms with Crippen LogP contribution in [0.1, 0.15) is 19.4 Å². The van der Waals surface area contributed by atoms with Crippen molar-refractivity contribution in [3.63, 3.8) is 0 Å². The van der Waals surface area contributed by atoms with Crippen molar-refractivity contribution in [2.45, 2.75) is 24.9 Å². The number of rotatable bonds is 7. The van der Waals surface area contributed by atoms with Gasteiger partial charge in [-0.05, 0) is 18.4 Å². The first-order valence-corrected chi connectivity index (χ1v) is 10.8. The second-order valence-corrected chi connectivity index (χ2v) is 8.65. The van der Waals surface area contributed by atoms with E-state index < -0.39 is 0 Å². The molecule has 4 aromatic rings. The standard InChI is InChI=1S/C20H21N9OS/c1-13(10-30)28-9-15(7-23-28)25-19-26-16-2-5-31-18(16)17(27-19)14-6-24-29(8-14)20(3-4-21)11-22-12-20/h2,5-9,13,22,30H,3,10-12H2,1H3,(H,25,26,27)/t13-/m1/s1. The molecular formula is C20H21N9OS. The summed E-state index contributed by atoms with van der Waals surface area (Å²) in [5.41, 5.74) is 2.97. The molecule has 1 aliphatic heterocycles. The van der Waals surface area contributed by atoms with Crippen LogP contribution in [-0.2, 0) is 5.54 Å². The number of hydrogen-bond acceptors (Lipinski definition) is 9. The van der Waals surface area contributed by atoms with Crippen LogP contribution in [0.2, 0.25) is 0 Å². The summed E-state index contributed by atoms with van der Waals surface area (Å²) in [6.07, 6.45) is 7.66. The molecule has 0 saturated carbocycles. The van der Waals surface area contributed by atoms with E-state index in [4.69, 9.17) is 4.98 Å². The number of aliphatic hydroxyl groups excluding tert-OH is 1. The van der Waals surface area contributed by atoms with Crippen LogP contribution in [-0.4, -0.2) is 54.3 Å². The first-order chi connectivity index (χ1) is 15.1. The molecule has 0 spiro atoms. The summed E-state index contributed by atoms with van der Waals surface area (Å²) < 4.78 is 4.56. The predicted octanol–water partition coefficient (Wildman–Crippen LogP) is 2.26. The number of thiophene rings is 1. The van der Waals surface area contributed by atoms with E-state index in [1.807, 2.05) is 35.4 Å². The van der Waals surface area contributed by atoms with E-state index in [2.05, 4.69) is 31.9 Å². The Morgan fingerprint density at radius 2 is 2.19 bits per heavy atom. The molecule has 0 aliphatic carbocycles. The molecule has 0 unspecified atom stereocenters. The molecular weight excluding hydrogens is 414 g/mol. The van der Waals surface area contributed by atoms with Crippen molar-refractivity contribution in [1.82, 2.24) is 34.8 Å². The minimum atomic E-state index is -0.298. The molecule has 31 heavy (non-hydrogen) atoms. The van der Waals surface area contributed by atoms with E-state index in [1.54, 1.807) is 28.4 Å². The maximum absolute atomic E-state index is 9.32. The lowest BCUT2D eigenvalue weighted by molar-refractivity contribution is 0.160. The Balaban J connectivity index is 1.49. The maximum atomic E-state index is 9.32. The molecule has 3 N–H and O–H groups in total. The number of nitrogens with one attached hydrogen (secondary N) is 2. The second-order valence-electron chi connectivity index (χ2n) is 7.73. The van der Waals surface area contributed by atoms with Gasteiger partial charge in [0.15, 0.2) is 0 Å². The van der Waals surface area contributed by atoms with Crippen molar-refractivity contribution < 1.29 is 5.11 Å². The Morgan fingerprint density at radius 3 is 2.94 bits per heavy atom. The van der Waals surface area contributed by atoms with Crippen LogP contribution in [0, 0.1) is 11.3 Å². The lowest BCUT2D eigenvalue weighted by atomic mass is 9.89. The molecule has 1 atom stereocenters. The van der Waals surface area contributed by atoms with Crippen LogP contribution in [0.25, 0.3) is 21.5 Å². The first kappa shape index (κ1) is 19.6. The molecule has 1 aliphatic rings. The minimum Gasteiger partial charge on any atom is -0.394 e. The summed E-state index contributed by atoms with van der Waals surface area (Å²) in [5.74, 6) is 0.460. The van der Waals surface area contributed by atoms with Crippen molar-refractivity contribution >= 4 is 33.2 Å². The Morgan fingerprint density at radius 1 is 1.32 bits per heavy atom. The SMILES string of the molecule is C[C@H](CO)n1cc(Nc2nc(-c3cnn(C4(CC#N)CNC4)c3)c3sccc3n2)cn1. The van der Waals surface area contributed by atoms with Gasteiger partial charge in [-0.15, -0.1) is 11.3 Å². The van der Waals surface area contributed by atoms with Gasteiger partial charge in [0, 0.05) is 31.0 Å². The number of fused-ring (bicyclic) bond motifs is 1. The van der Waals surface area contributed by atoms with Gasteiger partial charge in [0.25, 0.3) is 0 Å². The fourth-order valence-corrected chi connectivity index (χ4v) is 4.45. The molecule has 1 fully saturated rings. The normalized spacial score (nSPS) is 16.0. The lowest BCUT2D eigenvalue weighted by Gasteiger charge is -2.41. The fraction of sp³-hybridized carbons (Fsp3) is 0.350. The molecule has 4 aromatic heterocycles. The molecule has 0 amide bonds. The highest BCUT2D eigenvalue weighted by molar-refractivity contribution is 7.17. The van der Waals surface area contributed by atoms with Crippen molar-refractivity contribution in [3.8, 4) is 17.3 Å². The van der Waals surface area contributed by atoms with Crippen molar-refractivity contribution in [1.29, 1.82) is 5.26 Å². The number of aromatic nitrogens is 6. The van der Waals surface area contributed by atoms with Crippen LogP contribution >= 0.6 is 11.3 Å². The number of nitrogens with zero attached hydrogens (tertiary/aromatic N) is 7. The Bertz CT molecular complexity index is 1260. The van der Waals surface area contributed by atoms with Gasteiger partial charge in [0.2, 0.25) is 5.95 Å². The van der Waals surface area contributed by atoms with Crippen molar-refractivity contribution in [2.24, 2.45) is 0 Å². The average molecular weight is 436 g/mol. The van der Waals surface area contributed by atoms with Crippen molar-refractivity contribution in [3.05, 3.63) is 36.2 Å². The summed E-state index contributed by atoms with van der Waals surface area (Å²) >= 11 is 1.58. The van der Waals surface area contributed by atoms with Gasteiger partial charge in [-0.3, -0.25) is 9.36 Å². The van der Waals surface area contributed by atoms with Gasteiger partial charge in [0.1, 0.15) is 5.54 Å². The van der Waals surface area contributed by atoms with Gasteiger partial charge < -0.3 is 15.7 Å². The van der Waals surface area contributed by atoms with Crippen molar-refractivity contribution in [2.75, 3.05) is 25.0 Å². The van der Waals surface area contributed by atoms with Crippen LogP contribution in [0.15, 0.2) is 36.2 Å². The van der Waals surface area contributed by atoms with Crippen LogP contribution in [0.3, 0.4) is 0 Å². The largest absolute Gasteiger partial charge is 0.394 e. The third kappa shape index (κ3) is 3.44. The molecule has 1 saturated heterocycles. The van der Waals surface area contributed by atoms with Crippen LogP contribution in [0.5, 0.6) is 0 Å². The Kier molecular flexibility index (Phi) is 4.90. The highest BCUT2D eigenvalue weighted by atomic mass is 32.1. The first-order valence-electron chi connectivity index (χ1n) is 9.92. The Labute approximate surface area is 182 Å². The smallest absolute Gasteiger partial charge is 0.228 e. The van der Waals surface area contributed by atoms with E-state index in [0.29, 0.717) is 12.4 Å². The summed E-state index contributed by atoms with van der Waals surface area (Å²) in [6, 6.07) is 4.13. The van der Waals surface area contributed by atoms with Gasteiger partial charge in [0.05, 0.1) is 59.1 Å². The number of hydrogen-bond donors (Lipinski definition) is 3. The summed E-state index contributed by atoms with van der Waals surface area (Å²) in [4.78, 5) is 9.39. The zero-order valence-corrected chi connectivity index (χ0v) is 17.7. The molecule has 11 heteroatoms. The molecule has 10 nitrogen and oxygen atoms in total. The zero-order valence-electron chi connectivity index (χ0n) is 16.9. The van der Waals surface area contributed by atoms with Gasteiger partial charge in [-0.1, -0.05) is 0 Å². The maximum Gasteiger partial charge on any atom is 0.228 e. The van der Waals surface area contributed by atoms with E-state index in [0.717, 1.165) is 40.3 Å². The highest BCUT2D eigenvalue weighted by Gasteiger charge is 2.39. The van der Waals surface area contributed by atoms with E-state index in [1.165, 1.54) is 0 Å². The molecule has 5 rings (SSSR count). The molecule has 0 aromatic carbocycles. The minimum absolute atomic E-state index is 0.00936. The molecule has 0 radical (unpaired) electrons. The summed E-state index contributed by atoms with van der Waals surface area (Å²) in [5, 5.41) is 35.8. The highest BCUT2D eigenvalue weighted by Crippen LogP contribution is 2.33. The summed E-state index contributed by atoms with van der Waals surface area (Å²) in [6.45, 7) is 3.35. The lowest BCUT2D eigenvalue weighted by Crippen LogP contribution is -2.60. The monoisotopic (exact) mass is 435 g/mol. The third-order valence-corrected chi connectivity index (χ3v) is 6.45. The third-order valence-electron chi connectivity index (χ3n) is 5.54. The second kappa shape index (κ2) is 7.73.